The maximum absolute atomic E-state index is 5.98. The van der Waals surface area contributed by atoms with Gasteiger partial charge in [0.05, 0.1) is 17.7 Å². The van der Waals surface area contributed by atoms with E-state index in [9.17, 15) is 0 Å². The second-order valence-electron chi connectivity index (χ2n) is 4.45. The highest BCUT2D eigenvalue weighted by atomic mass is 35.5. The Bertz CT molecular complexity index is 760. The van der Waals surface area contributed by atoms with E-state index in [0.717, 1.165) is 28.1 Å². The summed E-state index contributed by atoms with van der Waals surface area (Å²) in [6.07, 6.45) is 0.961. The lowest BCUT2D eigenvalue weighted by Crippen LogP contribution is -2.01. The zero-order chi connectivity index (χ0) is 14.7. The summed E-state index contributed by atoms with van der Waals surface area (Å²) >= 11 is 7.52. The normalized spacial score (nSPS) is 10.8. The number of rotatable bonds is 5. The van der Waals surface area contributed by atoms with E-state index < -0.39 is 0 Å². The van der Waals surface area contributed by atoms with Crippen molar-refractivity contribution in [3.63, 3.8) is 0 Å². The first-order chi connectivity index (χ1) is 10.3. The molecule has 0 bridgehead atoms. The van der Waals surface area contributed by atoms with Gasteiger partial charge in [-0.15, -0.1) is 11.3 Å². The van der Waals surface area contributed by atoms with Crippen molar-refractivity contribution in [2.24, 2.45) is 0 Å². The average molecular weight is 320 g/mol. The van der Waals surface area contributed by atoms with E-state index in [1.807, 2.05) is 35.7 Å². The predicted molar refractivity (Wildman–Crippen MR) is 87.9 cm³/mol. The second kappa shape index (κ2) is 6.28. The van der Waals surface area contributed by atoms with Gasteiger partial charge in [-0.2, -0.15) is 4.98 Å². The minimum atomic E-state index is 0.236. The zero-order valence-corrected chi connectivity index (χ0v) is 13.0. The molecule has 108 valence electrons. The summed E-state index contributed by atoms with van der Waals surface area (Å²) < 4.78 is 5.75. The van der Waals surface area contributed by atoms with Crippen molar-refractivity contribution in [2.45, 2.75) is 13.3 Å². The van der Waals surface area contributed by atoms with Gasteiger partial charge < -0.3 is 10.1 Å². The number of nitrogens with zero attached hydrogens (tertiary/aromatic N) is 2. The maximum Gasteiger partial charge on any atom is 0.225 e. The third kappa shape index (κ3) is 3.09. The molecule has 21 heavy (non-hydrogen) atoms. The Balaban J connectivity index is 1.97. The molecule has 0 unspecified atom stereocenters. The average Bonchev–Trinajstić information content (AvgIpc) is 2.94. The standard InChI is InChI=1S/C15H14ClN3OS/c1-2-8-20-12-6-4-3-5-11(12)17-13-10-7-9-21-14(10)19-15(16)18-13/h3-7,9H,2,8H2,1H3,(H,17,18,19). The summed E-state index contributed by atoms with van der Waals surface area (Å²) in [6, 6.07) is 9.77. The molecule has 4 nitrogen and oxygen atoms in total. The van der Waals surface area contributed by atoms with Crippen LogP contribution in [0.5, 0.6) is 5.75 Å². The molecule has 1 N–H and O–H groups in total. The Morgan fingerprint density at radius 1 is 1.24 bits per heavy atom. The molecule has 0 aliphatic heterocycles. The predicted octanol–water partition coefficient (Wildman–Crippen LogP) is 4.88. The van der Waals surface area contributed by atoms with Gasteiger partial charge in [-0.05, 0) is 41.6 Å². The number of hydrogen-bond donors (Lipinski definition) is 1. The molecule has 6 heteroatoms. The number of halogens is 1. The highest BCUT2D eigenvalue weighted by molar-refractivity contribution is 7.16. The van der Waals surface area contributed by atoms with E-state index >= 15 is 0 Å². The number of para-hydroxylation sites is 2. The highest BCUT2D eigenvalue weighted by Gasteiger charge is 2.10. The number of nitrogens with one attached hydrogen (secondary N) is 1. The number of hydrogen-bond acceptors (Lipinski definition) is 5. The second-order valence-corrected chi connectivity index (χ2v) is 5.68. The van der Waals surface area contributed by atoms with Gasteiger partial charge in [0.2, 0.25) is 5.28 Å². The molecule has 0 atom stereocenters. The van der Waals surface area contributed by atoms with Crippen LogP contribution in [0.15, 0.2) is 35.7 Å². The third-order valence-corrected chi connectivity index (χ3v) is 3.88. The topological polar surface area (TPSA) is 47.0 Å². The number of fused-ring (bicyclic) bond motifs is 1. The van der Waals surface area contributed by atoms with Crippen LogP contribution in [0.25, 0.3) is 10.2 Å². The lowest BCUT2D eigenvalue weighted by molar-refractivity contribution is 0.319. The fourth-order valence-electron chi connectivity index (χ4n) is 1.96. The van der Waals surface area contributed by atoms with Gasteiger partial charge in [0.25, 0.3) is 0 Å². The molecule has 0 saturated heterocycles. The van der Waals surface area contributed by atoms with E-state index in [2.05, 4.69) is 22.2 Å². The Morgan fingerprint density at radius 2 is 2.10 bits per heavy atom. The lowest BCUT2D eigenvalue weighted by atomic mass is 10.2. The van der Waals surface area contributed by atoms with Gasteiger partial charge >= 0.3 is 0 Å². The number of aromatic nitrogens is 2. The van der Waals surface area contributed by atoms with Crippen molar-refractivity contribution in [1.82, 2.24) is 9.97 Å². The number of anilines is 2. The van der Waals surface area contributed by atoms with Crippen LogP contribution in [0.2, 0.25) is 5.28 Å². The van der Waals surface area contributed by atoms with E-state index in [4.69, 9.17) is 16.3 Å². The monoisotopic (exact) mass is 319 g/mol. The number of thiophene rings is 1. The fourth-order valence-corrected chi connectivity index (χ4v) is 2.94. The van der Waals surface area contributed by atoms with Crippen LogP contribution in [-0.2, 0) is 0 Å². The van der Waals surface area contributed by atoms with Crippen molar-refractivity contribution in [2.75, 3.05) is 11.9 Å². The summed E-state index contributed by atoms with van der Waals surface area (Å²) in [5.41, 5.74) is 0.869. The highest BCUT2D eigenvalue weighted by Crippen LogP contribution is 2.32. The van der Waals surface area contributed by atoms with Crippen LogP contribution in [0.1, 0.15) is 13.3 Å². The van der Waals surface area contributed by atoms with Gasteiger partial charge in [0, 0.05) is 0 Å². The van der Waals surface area contributed by atoms with Crippen molar-refractivity contribution in [1.29, 1.82) is 0 Å². The van der Waals surface area contributed by atoms with Gasteiger partial charge in [-0.1, -0.05) is 19.1 Å². The van der Waals surface area contributed by atoms with Crippen LogP contribution < -0.4 is 10.1 Å². The largest absolute Gasteiger partial charge is 0.491 e. The molecule has 0 aliphatic carbocycles. The molecule has 3 rings (SSSR count). The molecule has 3 aromatic rings. The number of ether oxygens (including phenoxy) is 1. The molecule has 0 aliphatic rings. The molecular weight excluding hydrogens is 306 g/mol. The van der Waals surface area contributed by atoms with Gasteiger partial charge in [-0.3, -0.25) is 0 Å². The molecule has 0 amide bonds. The Morgan fingerprint density at radius 3 is 2.95 bits per heavy atom. The summed E-state index contributed by atoms with van der Waals surface area (Å²) in [7, 11) is 0. The Hall–Kier alpha value is -1.85. The van der Waals surface area contributed by atoms with E-state index in [1.165, 1.54) is 11.3 Å². The molecular formula is C15H14ClN3OS. The summed E-state index contributed by atoms with van der Waals surface area (Å²) in [5.74, 6) is 1.50. The SMILES string of the molecule is CCCOc1ccccc1Nc1nc(Cl)nc2sccc12. The number of benzene rings is 1. The van der Waals surface area contributed by atoms with Crippen molar-refractivity contribution in [3.05, 3.63) is 41.0 Å². The van der Waals surface area contributed by atoms with Gasteiger partial charge in [0.1, 0.15) is 16.4 Å². The van der Waals surface area contributed by atoms with Crippen molar-refractivity contribution in [3.8, 4) is 5.75 Å². The molecule has 1 aromatic carbocycles. The minimum Gasteiger partial charge on any atom is -0.491 e. The Labute approximate surface area is 131 Å². The quantitative estimate of drug-likeness (QED) is 0.681. The molecule has 0 saturated carbocycles. The molecule has 0 radical (unpaired) electrons. The summed E-state index contributed by atoms with van der Waals surface area (Å²) in [5, 5.41) is 6.46. The third-order valence-electron chi connectivity index (χ3n) is 2.90. The zero-order valence-electron chi connectivity index (χ0n) is 11.5. The summed E-state index contributed by atoms with van der Waals surface area (Å²) in [6.45, 7) is 2.76. The van der Waals surface area contributed by atoms with Crippen LogP contribution in [-0.4, -0.2) is 16.6 Å². The van der Waals surface area contributed by atoms with Crippen molar-refractivity contribution < 1.29 is 4.74 Å². The lowest BCUT2D eigenvalue weighted by Gasteiger charge is -2.12. The fraction of sp³-hybridized carbons (Fsp3) is 0.200. The van der Waals surface area contributed by atoms with Gasteiger partial charge in [0.15, 0.2) is 0 Å². The van der Waals surface area contributed by atoms with Crippen LogP contribution in [0.3, 0.4) is 0 Å². The summed E-state index contributed by atoms with van der Waals surface area (Å²) in [4.78, 5) is 9.36. The first-order valence-electron chi connectivity index (χ1n) is 6.67. The Kier molecular flexibility index (Phi) is 4.22. The molecule has 0 spiro atoms. The van der Waals surface area contributed by atoms with Crippen LogP contribution in [0, 0.1) is 0 Å². The van der Waals surface area contributed by atoms with E-state index in [0.29, 0.717) is 12.4 Å². The maximum atomic E-state index is 5.98. The van der Waals surface area contributed by atoms with Crippen LogP contribution >= 0.6 is 22.9 Å². The minimum absolute atomic E-state index is 0.236. The first kappa shape index (κ1) is 14.1. The molecule has 2 heterocycles. The van der Waals surface area contributed by atoms with E-state index in [-0.39, 0.29) is 5.28 Å². The van der Waals surface area contributed by atoms with Gasteiger partial charge in [-0.25, -0.2) is 4.98 Å². The van der Waals surface area contributed by atoms with Crippen LogP contribution in [0.4, 0.5) is 11.5 Å². The molecule has 0 fully saturated rings. The smallest absolute Gasteiger partial charge is 0.225 e. The molecule has 2 aromatic heterocycles. The first-order valence-corrected chi connectivity index (χ1v) is 7.93. The van der Waals surface area contributed by atoms with E-state index in [1.54, 1.807) is 0 Å². The van der Waals surface area contributed by atoms with Crippen molar-refractivity contribution >= 4 is 44.7 Å².